The number of piperidine rings is 1. The predicted molar refractivity (Wildman–Crippen MR) is 71.9 cm³/mol. The van der Waals surface area contributed by atoms with E-state index in [0.29, 0.717) is 10.8 Å². The molecule has 1 aromatic heterocycles. The summed E-state index contributed by atoms with van der Waals surface area (Å²) in [6.45, 7) is 4.13. The standard InChI is InChI=1S/C13H18ClN3O/c1-10(17-8-3-2-4-9-17)13(18)16-11-6-5-7-15-12(11)14/h5-7,10H,2-4,8-9H2,1H3,(H,16,18)/p+1/t10-/m0/s1. The molecule has 1 atom stereocenters. The van der Waals surface area contributed by atoms with Crippen LogP contribution in [0, 0.1) is 0 Å². The third-order valence-corrected chi connectivity index (χ3v) is 3.82. The molecule has 1 saturated heterocycles. The van der Waals surface area contributed by atoms with Gasteiger partial charge < -0.3 is 10.2 Å². The summed E-state index contributed by atoms with van der Waals surface area (Å²) in [4.78, 5) is 17.5. The Morgan fingerprint density at radius 2 is 2.17 bits per heavy atom. The molecule has 1 aromatic rings. The third kappa shape index (κ3) is 3.21. The molecule has 0 aromatic carbocycles. The summed E-state index contributed by atoms with van der Waals surface area (Å²) < 4.78 is 0. The summed E-state index contributed by atoms with van der Waals surface area (Å²) in [5.41, 5.74) is 0.590. The monoisotopic (exact) mass is 268 g/mol. The van der Waals surface area contributed by atoms with Gasteiger partial charge in [-0.2, -0.15) is 0 Å². The Morgan fingerprint density at radius 1 is 1.44 bits per heavy atom. The highest BCUT2D eigenvalue weighted by atomic mass is 35.5. The summed E-state index contributed by atoms with van der Waals surface area (Å²) in [6, 6.07) is 3.49. The number of nitrogens with zero attached hydrogens (tertiary/aromatic N) is 1. The van der Waals surface area contributed by atoms with E-state index in [-0.39, 0.29) is 11.9 Å². The van der Waals surface area contributed by atoms with Crippen molar-refractivity contribution in [3.05, 3.63) is 23.5 Å². The fourth-order valence-corrected chi connectivity index (χ4v) is 2.51. The largest absolute Gasteiger partial charge is 0.325 e. The average molecular weight is 269 g/mol. The normalized spacial score (nSPS) is 18.3. The lowest BCUT2D eigenvalue weighted by atomic mass is 10.1. The number of halogens is 1. The highest BCUT2D eigenvalue weighted by molar-refractivity contribution is 6.32. The van der Waals surface area contributed by atoms with Gasteiger partial charge in [-0.3, -0.25) is 4.79 Å². The van der Waals surface area contributed by atoms with Gasteiger partial charge in [-0.05, 0) is 38.3 Å². The third-order valence-electron chi connectivity index (χ3n) is 3.52. The lowest BCUT2D eigenvalue weighted by Gasteiger charge is -2.28. The Morgan fingerprint density at radius 3 is 2.83 bits per heavy atom. The lowest BCUT2D eigenvalue weighted by molar-refractivity contribution is -0.918. The minimum absolute atomic E-state index is 0.0156. The van der Waals surface area contributed by atoms with Crippen LogP contribution in [-0.2, 0) is 4.79 Å². The number of aromatic nitrogens is 1. The average Bonchev–Trinajstić information content (AvgIpc) is 2.41. The van der Waals surface area contributed by atoms with Crippen LogP contribution < -0.4 is 10.2 Å². The molecule has 5 heteroatoms. The fourth-order valence-electron chi connectivity index (χ4n) is 2.34. The van der Waals surface area contributed by atoms with Gasteiger partial charge in [0.15, 0.2) is 11.2 Å². The molecule has 0 spiro atoms. The Kier molecular flexibility index (Phi) is 4.55. The summed E-state index contributed by atoms with van der Waals surface area (Å²) in [7, 11) is 0. The van der Waals surface area contributed by atoms with Crippen LogP contribution in [0.1, 0.15) is 26.2 Å². The quantitative estimate of drug-likeness (QED) is 0.808. The highest BCUT2D eigenvalue weighted by Crippen LogP contribution is 2.17. The van der Waals surface area contributed by atoms with Crippen molar-refractivity contribution in [2.75, 3.05) is 18.4 Å². The second kappa shape index (κ2) is 6.16. The van der Waals surface area contributed by atoms with E-state index in [4.69, 9.17) is 11.6 Å². The molecule has 1 amide bonds. The van der Waals surface area contributed by atoms with Crippen molar-refractivity contribution < 1.29 is 9.69 Å². The van der Waals surface area contributed by atoms with Gasteiger partial charge in [-0.15, -0.1) is 0 Å². The second-order valence-corrected chi connectivity index (χ2v) is 5.13. The van der Waals surface area contributed by atoms with Gasteiger partial charge in [0, 0.05) is 6.20 Å². The predicted octanol–water partition coefficient (Wildman–Crippen LogP) is 1.13. The van der Waals surface area contributed by atoms with E-state index in [9.17, 15) is 4.79 Å². The van der Waals surface area contributed by atoms with E-state index in [1.807, 2.05) is 6.92 Å². The van der Waals surface area contributed by atoms with Crippen molar-refractivity contribution >= 4 is 23.2 Å². The topological polar surface area (TPSA) is 46.4 Å². The van der Waals surface area contributed by atoms with Crippen molar-refractivity contribution in [1.82, 2.24) is 4.98 Å². The second-order valence-electron chi connectivity index (χ2n) is 4.77. The van der Waals surface area contributed by atoms with Gasteiger partial charge in [0.1, 0.15) is 0 Å². The zero-order chi connectivity index (χ0) is 13.0. The fraction of sp³-hybridized carbons (Fsp3) is 0.538. The van der Waals surface area contributed by atoms with E-state index in [1.54, 1.807) is 18.3 Å². The van der Waals surface area contributed by atoms with Crippen LogP contribution in [0.25, 0.3) is 0 Å². The first-order valence-electron chi connectivity index (χ1n) is 6.44. The number of hydrogen-bond acceptors (Lipinski definition) is 2. The van der Waals surface area contributed by atoms with Gasteiger partial charge in [0.25, 0.3) is 5.91 Å². The number of quaternary nitrogens is 1. The maximum absolute atomic E-state index is 12.1. The van der Waals surface area contributed by atoms with Crippen molar-refractivity contribution in [2.45, 2.75) is 32.2 Å². The molecule has 1 aliphatic heterocycles. The van der Waals surface area contributed by atoms with Gasteiger partial charge in [-0.1, -0.05) is 11.6 Å². The molecule has 0 bridgehead atoms. The first-order chi connectivity index (χ1) is 8.68. The maximum Gasteiger partial charge on any atom is 0.282 e. The molecular formula is C13H19ClN3O+. The van der Waals surface area contributed by atoms with Crippen molar-refractivity contribution in [3.63, 3.8) is 0 Å². The summed E-state index contributed by atoms with van der Waals surface area (Å²) >= 11 is 5.93. The van der Waals surface area contributed by atoms with Gasteiger partial charge in [0.2, 0.25) is 0 Å². The first kappa shape index (κ1) is 13.3. The number of carbonyl (C=O) groups is 1. The van der Waals surface area contributed by atoms with E-state index < -0.39 is 0 Å². The summed E-state index contributed by atoms with van der Waals surface area (Å²) in [5, 5.41) is 3.19. The molecule has 0 radical (unpaired) electrons. The van der Waals surface area contributed by atoms with Crippen molar-refractivity contribution in [3.8, 4) is 0 Å². The Balaban J connectivity index is 1.97. The van der Waals surface area contributed by atoms with Crippen LogP contribution in [-0.4, -0.2) is 30.0 Å². The number of pyridine rings is 1. The van der Waals surface area contributed by atoms with Crippen molar-refractivity contribution in [2.24, 2.45) is 0 Å². The maximum atomic E-state index is 12.1. The minimum atomic E-state index is -0.0402. The molecule has 1 fully saturated rings. The van der Waals surface area contributed by atoms with Crippen LogP contribution in [0.2, 0.25) is 5.15 Å². The number of carbonyl (C=O) groups excluding carboxylic acids is 1. The van der Waals surface area contributed by atoms with Crippen LogP contribution >= 0.6 is 11.6 Å². The zero-order valence-corrected chi connectivity index (χ0v) is 11.3. The number of anilines is 1. The smallest absolute Gasteiger partial charge is 0.282 e. The Bertz CT molecular complexity index is 418. The minimum Gasteiger partial charge on any atom is -0.325 e. The van der Waals surface area contributed by atoms with Crippen LogP contribution in [0.5, 0.6) is 0 Å². The number of amides is 1. The van der Waals surface area contributed by atoms with Crippen LogP contribution in [0.15, 0.2) is 18.3 Å². The molecule has 98 valence electrons. The molecule has 1 aliphatic rings. The zero-order valence-electron chi connectivity index (χ0n) is 10.6. The van der Waals surface area contributed by atoms with E-state index in [0.717, 1.165) is 13.1 Å². The molecule has 2 N–H and O–H groups in total. The van der Waals surface area contributed by atoms with Gasteiger partial charge in [-0.25, -0.2) is 4.98 Å². The summed E-state index contributed by atoms with van der Waals surface area (Å²) in [5.74, 6) is 0.0156. The first-order valence-corrected chi connectivity index (χ1v) is 6.82. The molecule has 0 aliphatic carbocycles. The number of nitrogens with one attached hydrogen (secondary N) is 2. The number of likely N-dealkylation sites (tertiary alicyclic amines) is 1. The molecule has 2 heterocycles. The summed E-state index contributed by atoms with van der Waals surface area (Å²) in [6.07, 6.45) is 5.31. The number of hydrogen-bond donors (Lipinski definition) is 2. The molecule has 2 rings (SSSR count). The Labute approximate surface area is 112 Å². The van der Waals surface area contributed by atoms with E-state index in [2.05, 4.69) is 10.3 Å². The van der Waals surface area contributed by atoms with Gasteiger partial charge in [0.05, 0.1) is 18.8 Å². The highest BCUT2D eigenvalue weighted by Gasteiger charge is 2.26. The molecular weight excluding hydrogens is 250 g/mol. The Hall–Kier alpha value is -1.13. The van der Waals surface area contributed by atoms with E-state index in [1.165, 1.54) is 24.2 Å². The van der Waals surface area contributed by atoms with Crippen LogP contribution in [0.4, 0.5) is 5.69 Å². The van der Waals surface area contributed by atoms with Gasteiger partial charge >= 0.3 is 0 Å². The van der Waals surface area contributed by atoms with Crippen molar-refractivity contribution in [1.29, 1.82) is 0 Å². The molecule has 0 saturated carbocycles. The SMILES string of the molecule is C[C@@H](C(=O)Nc1cccnc1Cl)[NH+]1CCCCC1. The molecule has 0 unspecified atom stereocenters. The molecule has 4 nitrogen and oxygen atoms in total. The molecule has 18 heavy (non-hydrogen) atoms. The lowest BCUT2D eigenvalue weighted by Crippen LogP contribution is -3.17. The van der Waals surface area contributed by atoms with E-state index >= 15 is 0 Å². The van der Waals surface area contributed by atoms with Crippen LogP contribution in [0.3, 0.4) is 0 Å². The number of rotatable bonds is 3.